The first-order valence-electron chi connectivity index (χ1n) is 2.89. The van der Waals surface area contributed by atoms with Crippen LogP contribution in [0.4, 0.5) is 0 Å². The van der Waals surface area contributed by atoms with E-state index in [9.17, 15) is 0 Å². The van der Waals surface area contributed by atoms with E-state index in [0.717, 1.165) is 11.1 Å². The van der Waals surface area contributed by atoms with Crippen molar-refractivity contribution in [3.8, 4) is 0 Å². The van der Waals surface area contributed by atoms with E-state index < -0.39 is 0 Å². The number of oxazole rings is 1. The molecule has 0 spiro atoms. The number of benzene rings is 1. The molecule has 0 bridgehead atoms. The van der Waals surface area contributed by atoms with Crippen molar-refractivity contribution in [3.05, 3.63) is 24.3 Å². The van der Waals surface area contributed by atoms with Crippen molar-refractivity contribution in [1.82, 2.24) is 4.98 Å². The third-order valence-corrected chi connectivity index (χ3v) is 1.45. The second-order valence-electron chi connectivity index (χ2n) is 1.95. The van der Waals surface area contributed by atoms with Crippen LogP contribution in [0.25, 0.3) is 11.1 Å². The molecule has 2 rings (SSSR count). The van der Waals surface area contributed by atoms with Crippen molar-refractivity contribution >= 4 is 23.7 Å². The van der Waals surface area contributed by atoms with Gasteiger partial charge in [-0.15, -0.1) is 0 Å². The first-order valence-corrected chi connectivity index (χ1v) is 3.30. The van der Waals surface area contributed by atoms with Gasteiger partial charge < -0.3 is 17.0 Å². The first-order chi connectivity index (χ1) is 4.86. The topological polar surface area (TPSA) is 26.0 Å². The number of fused-ring (bicyclic) bond motifs is 1. The molecule has 0 amide bonds. The number of hydrogen-bond acceptors (Lipinski definition) is 3. The Morgan fingerprint density at radius 2 is 2.00 bits per heavy atom. The molecule has 1 aromatic heterocycles. The fourth-order valence-corrected chi connectivity index (χ4v) is 1.04. The van der Waals surface area contributed by atoms with E-state index in [4.69, 9.17) is 17.0 Å². The van der Waals surface area contributed by atoms with Crippen LogP contribution in [-0.2, 0) is 12.6 Å². The molecule has 0 aliphatic carbocycles. The van der Waals surface area contributed by atoms with Gasteiger partial charge in [0.15, 0.2) is 5.58 Å². The van der Waals surface area contributed by atoms with Gasteiger partial charge in [0.2, 0.25) is 0 Å². The zero-order chi connectivity index (χ0) is 6.97. The summed E-state index contributed by atoms with van der Waals surface area (Å²) in [5.41, 5.74) is 1.58. The van der Waals surface area contributed by atoms with E-state index in [1.807, 2.05) is 24.3 Å². The predicted molar refractivity (Wildman–Crippen MR) is 39.6 cm³/mol. The molecule has 0 fully saturated rings. The molecule has 0 saturated carbocycles. The van der Waals surface area contributed by atoms with Gasteiger partial charge in [0, 0.05) is 0 Å². The van der Waals surface area contributed by atoms with Crippen LogP contribution in [0.15, 0.2) is 33.9 Å². The van der Waals surface area contributed by atoms with Crippen LogP contribution >= 0.6 is 0 Å². The normalized spacial score (nSPS) is 9.45. The van der Waals surface area contributed by atoms with Gasteiger partial charge in [-0.3, -0.25) is 0 Å². The third kappa shape index (κ3) is 2.02. The molecule has 0 radical (unpaired) electrons. The van der Waals surface area contributed by atoms with E-state index in [2.05, 4.69) is 4.98 Å². The average Bonchev–Trinajstić information content (AvgIpc) is 2.27. The standard InChI is InChI=1S/C7H5NOS.K/c10-7-8-5-3-1-2-4-6(5)9-7;/h1-4H,(H,8,10);/q;+1/p-1. The third-order valence-electron chi connectivity index (χ3n) is 1.27. The molecule has 0 atom stereocenters. The smallest absolute Gasteiger partial charge is 0.721 e. The zero-order valence-corrected chi connectivity index (χ0v) is 10.0. The Morgan fingerprint density at radius 3 is 2.73 bits per heavy atom. The van der Waals surface area contributed by atoms with Gasteiger partial charge in [0.25, 0.3) is 0 Å². The fourth-order valence-electron chi connectivity index (χ4n) is 0.851. The summed E-state index contributed by atoms with van der Waals surface area (Å²) in [6.45, 7) is 0. The molecule has 0 aliphatic rings. The Bertz CT molecular complexity index is 327. The van der Waals surface area contributed by atoms with E-state index in [0.29, 0.717) is 5.22 Å². The Kier molecular flexibility index (Phi) is 3.48. The summed E-state index contributed by atoms with van der Waals surface area (Å²) < 4.78 is 5.07. The van der Waals surface area contributed by atoms with E-state index in [-0.39, 0.29) is 51.4 Å². The zero-order valence-electron chi connectivity index (χ0n) is 6.07. The minimum Gasteiger partial charge on any atom is -0.721 e. The van der Waals surface area contributed by atoms with Crippen molar-refractivity contribution in [3.63, 3.8) is 0 Å². The van der Waals surface area contributed by atoms with Crippen molar-refractivity contribution in [2.75, 3.05) is 0 Å². The maximum Gasteiger partial charge on any atom is 1.00 e. The summed E-state index contributed by atoms with van der Waals surface area (Å²) in [6.07, 6.45) is 0. The summed E-state index contributed by atoms with van der Waals surface area (Å²) in [5.74, 6) is 0. The van der Waals surface area contributed by atoms with Crippen LogP contribution in [-0.4, -0.2) is 4.98 Å². The van der Waals surface area contributed by atoms with Gasteiger partial charge in [-0.25, -0.2) is 4.98 Å². The van der Waals surface area contributed by atoms with Crippen molar-refractivity contribution in [2.24, 2.45) is 0 Å². The summed E-state index contributed by atoms with van der Waals surface area (Å²) in [5, 5.41) is 0.307. The monoisotopic (exact) mass is 189 g/mol. The molecule has 50 valence electrons. The van der Waals surface area contributed by atoms with Crippen LogP contribution in [0.1, 0.15) is 0 Å². The number of nitrogens with zero attached hydrogens (tertiary/aromatic N) is 1. The van der Waals surface area contributed by atoms with Gasteiger partial charge in [-0.05, 0) is 12.1 Å². The van der Waals surface area contributed by atoms with Crippen molar-refractivity contribution in [2.45, 2.75) is 5.22 Å². The van der Waals surface area contributed by atoms with Crippen LogP contribution in [0.2, 0.25) is 0 Å². The summed E-state index contributed by atoms with van der Waals surface area (Å²) in [7, 11) is 0. The van der Waals surface area contributed by atoms with Crippen molar-refractivity contribution < 1.29 is 55.8 Å². The van der Waals surface area contributed by atoms with Crippen LogP contribution < -0.4 is 51.4 Å². The molecular formula is C7H4KNOS. The van der Waals surface area contributed by atoms with Gasteiger partial charge in [-0.2, -0.15) is 0 Å². The largest absolute Gasteiger partial charge is 1.00 e. The Morgan fingerprint density at radius 1 is 1.27 bits per heavy atom. The number of rotatable bonds is 0. The quantitative estimate of drug-likeness (QED) is 0.382. The molecule has 0 aliphatic heterocycles. The summed E-state index contributed by atoms with van der Waals surface area (Å²) in [6, 6.07) is 7.51. The molecule has 2 aromatic rings. The fraction of sp³-hybridized carbons (Fsp3) is 0. The molecule has 1 heterocycles. The minimum atomic E-state index is 0. The molecule has 11 heavy (non-hydrogen) atoms. The van der Waals surface area contributed by atoms with Gasteiger partial charge in [0.05, 0.1) is 5.22 Å². The molecule has 0 unspecified atom stereocenters. The van der Waals surface area contributed by atoms with E-state index >= 15 is 0 Å². The number of hydrogen-bond donors (Lipinski definition) is 0. The molecule has 2 nitrogen and oxygen atoms in total. The van der Waals surface area contributed by atoms with E-state index in [1.54, 1.807) is 0 Å². The van der Waals surface area contributed by atoms with Crippen LogP contribution in [0.5, 0.6) is 0 Å². The van der Waals surface area contributed by atoms with Gasteiger partial charge >= 0.3 is 51.4 Å². The maximum absolute atomic E-state index is 5.07. The predicted octanol–water partition coefficient (Wildman–Crippen LogP) is -1.26. The molecule has 1 aromatic carbocycles. The number of para-hydroxylation sites is 2. The molecule has 0 N–H and O–H groups in total. The molecule has 4 heteroatoms. The molecular weight excluding hydrogens is 185 g/mol. The van der Waals surface area contributed by atoms with Gasteiger partial charge in [0.1, 0.15) is 5.52 Å². The molecule has 0 saturated heterocycles. The SMILES string of the molecule is [K+].[S-]c1nc2ccccc2o1. The Balaban J connectivity index is 0.000000605. The van der Waals surface area contributed by atoms with Crippen molar-refractivity contribution in [1.29, 1.82) is 0 Å². The Labute approximate surface area is 112 Å². The second kappa shape index (κ2) is 3.98. The minimum absolute atomic E-state index is 0. The maximum atomic E-state index is 5.07. The summed E-state index contributed by atoms with van der Waals surface area (Å²) in [4.78, 5) is 3.96. The van der Waals surface area contributed by atoms with Crippen LogP contribution in [0.3, 0.4) is 0 Å². The number of aromatic nitrogens is 1. The first kappa shape index (κ1) is 9.63. The van der Waals surface area contributed by atoms with E-state index in [1.165, 1.54) is 0 Å². The van der Waals surface area contributed by atoms with Gasteiger partial charge in [-0.1, -0.05) is 12.1 Å². The Hall–Kier alpha value is 0.546. The van der Waals surface area contributed by atoms with Crippen LogP contribution in [0, 0.1) is 0 Å². The summed E-state index contributed by atoms with van der Waals surface area (Å²) >= 11 is 4.74. The second-order valence-corrected chi connectivity index (χ2v) is 2.30. The average molecular weight is 189 g/mol.